The largest absolute Gasteiger partial charge is 0.357 e. The lowest BCUT2D eigenvalue weighted by molar-refractivity contribution is 0.719. The minimum atomic E-state index is 0.483. The molecule has 1 heterocycles. The van der Waals surface area contributed by atoms with E-state index in [9.17, 15) is 0 Å². The third-order valence-electron chi connectivity index (χ3n) is 2.52. The summed E-state index contributed by atoms with van der Waals surface area (Å²) in [4.78, 5) is 6.60. The Labute approximate surface area is 92.5 Å². The van der Waals surface area contributed by atoms with E-state index in [1.807, 2.05) is 6.20 Å². The summed E-state index contributed by atoms with van der Waals surface area (Å²) in [5.41, 5.74) is 1.23. The fraction of sp³-hybridized carbons (Fsp3) is 0.583. The SMILES string of the molecule is CCNCc1ccc(N(C)C(C)C)nc1. The summed E-state index contributed by atoms with van der Waals surface area (Å²) < 4.78 is 0. The van der Waals surface area contributed by atoms with Gasteiger partial charge in [0.25, 0.3) is 0 Å². The van der Waals surface area contributed by atoms with Crippen LogP contribution in [0.15, 0.2) is 18.3 Å². The van der Waals surface area contributed by atoms with Crippen molar-refractivity contribution in [2.45, 2.75) is 33.4 Å². The van der Waals surface area contributed by atoms with Crippen LogP contribution < -0.4 is 10.2 Å². The van der Waals surface area contributed by atoms with Crippen LogP contribution in [0.1, 0.15) is 26.3 Å². The van der Waals surface area contributed by atoms with Crippen molar-refractivity contribution in [3.05, 3.63) is 23.9 Å². The first kappa shape index (κ1) is 12.0. The van der Waals surface area contributed by atoms with Crippen LogP contribution in [-0.4, -0.2) is 24.6 Å². The molecule has 0 amide bonds. The Morgan fingerprint density at radius 3 is 2.60 bits per heavy atom. The Bertz CT molecular complexity index is 279. The highest BCUT2D eigenvalue weighted by Gasteiger charge is 2.05. The lowest BCUT2D eigenvalue weighted by Gasteiger charge is -2.22. The molecule has 0 saturated carbocycles. The highest BCUT2D eigenvalue weighted by Crippen LogP contribution is 2.11. The minimum absolute atomic E-state index is 0.483. The van der Waals surface area contributed by atoms with Crippen LogP contribution in [0.3, 0.4) is 0 Å². The molecule has 84 valence electrons. The van der Waals surface area contributed by atoms with E-state index in [1.54, 1.807) is 0 Å². The third-order valence-corrected chi connectivity index (χ3v) is 2.52. The Kier molecular flexibility index (Phi) is 4.56. The second kappa shape index (κ2) is 5.71. The molecular weight excluding hydrogens is 186 g/mol. The number of hydrogen-bond donors (Lipinski definition) is 1. The van der Waals surface area contributed by atoms with Gasteiger partial charge < -0.3 is 10.2 Å². The maximum absolute atomic E-state index is 4.44. The fourth-order valence-electron chi connectivity index (χ4n) is 1.26. The number of rotatable bonds is 5. The third kappa shape index (κ3) is 3.51. The Morgan fingerprint density at radius 1 is 1.40 bits per heavy atom. The first-order valence-electron chi connectivity index (χ1n) is 5.53. The second-order valence-electron chi connectivity index (χ2n) is 4.01. The molecule has 0 aliphatic heterocycles. The summed E-state index contributed by atoms with van der Waals surface area (Å²) in [5.74, 6) is 1.03. The maximum atomic E-state index is 4.44. The Balaban J connectivity index is 2.63. The molecule has 0 radical (unpaired) electrons. The highest BCUT2D eigenvalue weighted by atomic mass is 15.2. The molecule has 1 aromatic heterocycles. The number of anilines is 1. The van der Waals surface area contributed by atoms with Crippen molar-refractivity contribution in [3.8, 4) is 0 Å². The number of nitrogens with one attached hydrogen (secondary N) is 1. The predicted molar refractivity (Wildman–Crippen MR) is 65.2 cm³/mol. The molecular formula is C12H21N3. The molecule has 0 aliphatic carbocycles. The zero-order valence-corrected chi connectivity index (χ0v) is 10.1. The van der Waals surface area contributed by atoms with Crippen LogP contribution >= 0.6 is 0 Å². The zero-order valence-electron chi connectivity index (χ0n) is 10.1. The van der Waals surface area contributed by atoms with Crippen molar-refractivity contribution < 1.29 is 0 Å². The fourth-order valence-corrected chi connectivity index (χ4v) is 1.26. The summed E-state index contributed by atoms with van der Waals surface area (Å²) in [6.07, 6.45) is 1.94. The van der Waals surface area contributed by atoms with Gasteiger partial charge in [0.2, 0.25) is 0 Å². The first-order chi connectivity index (χ1) is 7.15. The van der Waals surface area contributed by atoms with Crippen LogP contribution in [0.5, 0.6) is 0 Å². The standard InChI is InChI=1S/C12H21N3/c1-5-13-8-11-6-7-12(14-9-11)15(4)10(2)3/h6-7,9-10,13H,5,8H2,1-4H3. The van der Waals surface area contributed by atoms with E-state index < -0.39 is 0 Å². The van der Waals surface area contributed by atoms with Crippen molar-refractivity contribution in [3.63, 3.8) is 0 Å². The molecule has 0 aliphatic rings. The van der Waals surface area contributed by atoms with Crippen molar-refractivity contribution in [2.75, 3.05) is 18.5 Å². The molecule has 1 rings (SSSR count). The summed E-state index contributed by atoms with van der Waals surface area (Å²) in [6.45, 7) is 8.32. The molecule has 15 heavy (non-hydrogen) atoms. The summed E-state index contributed by atoms with van der Waals surface area (Å²) in [5, 5.41) is 3.28. The topological polar surface area (TPSA) is 28.2 Å². The van der Waals surface area contributed by atoms with E-state index in [0.29, 0.717) is 6.04 Å². The van der Waals surface area contributed by atoms with Gasteiger partial charge in [0.15, 0.2) is 0 Å². The molecule has 3 nitrogen and oxygen atoms in total. The van der Waals surface area contributed by atoms with E-state index in [2.05, 4.69) is 55.2 Å². The van der Waals surface area contributed by atoms with Crippen molar-refractivity contribution in [2.24, 2.45) is 0 Å². The van der Waals surface area contributed by atoms with Gasteiger partial charge >= 0.3 is 0 Å². The predicted octanol–water partition coefficient (Wildman–Crippen LogP) is 2.04. The molecule has 1 aromatic rings. The Morgan fingerprint density at radius 2 is 2.13 bits per heavy atom. The van der Waals surface area contributed by atoms with Crippen LogP contribution in [0.4, 0.5) is 5.82 Å². The van der Waals surface area contributed by atoms with Crippen molar-refractivity contribution >= 4 is 5.82 Å². The van der Waals surface area contributed by atoms with Gasteiger partial charge in [-0.1, -0.05) is 13.0 Å². The number of aromatic nitrogens is 1. The Hall–Kier alpha value is -1.09. The quantitative estimate of drug-likeness (QED) is 0.801. The minimum Gasteiger partial charge on any atom is -0.357 e. The summed E-state index contributed by atoms with van der Waals surface area (Å²) >= 11 is 0. The monoisotopic (exact) mass is 207 g/mol. The molecule has 1 N–H and O–H groups in total. The number of hydrogen-bond acceptors (Lipinski definition) is 3. The van der Waals surface area contributed by atoms with Gasteiger partial charge in [-0.3, -0.25) is 0 Å². The lowest BCUT2D eigenvalue weighted by Crippen LogP contribution is -2.26. The molecule has 0 unspecified atom stereocenters. The molecule has 0 fully saturated rings. The van der Waals surface area contributed by atoms with Gasteiger partial charge in [-0.2, -0.15) is 0 Å². The zero-order chi connectivity index (χ0) is 11.3. The molecule has 3 heteroatoms. The molecule has 0 bridgehead atoms. The van der Waals surface area contributed by atoms with E-state index in [0.717, 1.165) is 18.9 Å². The van der Waals surface area contributed by atoms with Gasteiger partial charge in [0, 0.05) is 25.8 Å². The van der Waals surface area contributed by atoms with Gasteiger partial charge in [0.05, 0.1) is 0 Å². The van der Waals surface area contributed by atoms with Gasteiger partial charge in [-0.05, 0) is 32.0 Å². The van der Waals surface area contributed by atoms with Crippen LogP contribution in [0.2, 0.25) is 0 Å². The van der Waals surface area contributed by atoms with Crippen LogP contribution in [-0.2, 0) is 6.54 Å². The van der Waals surface area contributed by atoms with Gasteiger partial charge in [0.1, 0.15) is 5.82 Å². The van der Waals surface area contributed by atoms with Crippen molar-refractivity contribution in [1.29, 1.82) is 0 Å². The maximum Gasteiger partial charge on any atom is 0.128 e. The molecule has 0 atom stereocenters. The highest BCUT2D eigenvalue weighted by molar-refractivity contribution is 5.39. The number of nitrogens with zero attached hydrogens (tertiary/aromatic N) is 2. The normalized spacial score (nSPS) is 10.7. The van der Waals surface area contributed by atoms with Crippen LogP contribution in [0.25, 0.3) is 0 Å². The molecule has 0 saturated heterocycles. The summed E-state index contributed by atoms with van der Waals surface area (Å²) in [6, 6.07) is 4.69. The van der Waals surface area contributed by atoms with E-state index in [1.165, 1.54) is 5.56 Å². The van der Waals surface area contributed by atoms with E-state index in [4.69, 9.17) is 0 Å². The summed E-state index contributed by atoms with van der Waals surface area (Å²) in [7, 11) is 2.07. The number of pyridine rings is 1. The first-order valence-corrected chi connectivity index (χ1v) is 5.53. The van der Waals surface area contributed by atoms with Crippen LogP contribution in [0, 0.1) is 0 Å². The van der Waals surface area contributed by atoms with Crippen molar-refractivity contribution in [1.82, 2.24) is 10.3 Å². The average molecular weight is 207 g/mol. The van der Waals surface area contributed by atoms with Gasteiger partial charge in [-0.25, -0.2) is 4.98 Å². The smallest absolute Gasteiger partial charge is 0.128 e. The van der Waals surface area contributed by atoms with E-state index >= 15 is 0 Å². The lowest BCUT2D eigenvalue weighted by atomic mass is 10.2. The molecule has 0 aromatic carbocycles. The van der Waals surface area contributed by atoms with E-state index in [-0.39, 0.29) is 0 Å². The van der Waals surface area contributed by atoms with Gasteiger partial charge in [-0.15, -0.1) is 0 Å². The average Bonchev–Trinajstić information content (AvgIpc) is 2.26. The second-order valence-corrected chi connectivity index (χ2v) is 4.01. The molecule has 0 spiro atoms.